The molecule has 0 spiro atoms. The van der Waals surface area contributed by atoms with Gasteiger partial charge in [0.2, 0.25) is 11.7 Å². The van der Waals surface area contributed by atoms with Gasteiger partial charge in [-0.25, -0.2) is 0 Å². The number of carbonyl (C=O) groups excluding carboxylic acids is 2. The van der Waals surface area contributed by atoms with E-state index in [2.05, 4.69) is 14.9 Å². The molecular formula is C17H18F3N3O4. The molecule has 27 heavy (non-hydrogen) atoms. The minimum absolute atomic E-state index is 0.0165. The molecular weight excluding hydrogens is 367 g/mol. The number of nitrogens with one attached hydrogen (secondary N) is 1. The average molecular weight is 385 g/mol. The van der Waals surface area contributed by atoms with Gasteiger partial charge in [-0.3, -0.25) is 9.59 Å². The van der Waals surface area contributed by atoms with Gasteiger partial charge >= 0.3 is 6.18 Å². The lowest BCUT2D eigenvalue weighted by atomic mass is 9.95. The third kappa shape index (κ3) is 4.15. The fourth-order valence-electron chi connectivity index (χ4n) is 3.05. The summed E-state index contributed by atoms with van der Waals surface area (Å²) in [5, 5.41) is 6.31. The van der Waals surface area contributed by atoms with Crippen LogP contribution in [0, 0.1) is 19.8 Å². The van der Waals surface area contributed by atoms with Crippen LogP contribution in [0.1, 0.15) is 40.5 Å². The van der Waals surface area contributed by atoms with E-state index in [0.29, 0.717) is 24.4 Å². The lowest BCUT2D eigenvalue weighted by Gasteiger charge is -2.31. The van der Waals surface area contributed by atoms with Crippen LogP contribution < -0.4 is 5.32 Å². The molecule has 146 valence electrons. The molecule has 3 heterocycles. The van der Waals surface area contributed by atoms with E-state index in [-0.39, 0.29) is 30.7 Å². The van der Waals surface area contributed by atoms with Crippen LogP contribution in [0.25, 0.3) is 0 Å². The molecule has 3 rings (SSSR count). The van der Waals surface area contributed by atoms with Gasteiger partial charge in [-0.2, -0.15) is 13.2 Å². The molecule has 0 aliphatic carbocycles. The number of likely N-dealkylation sites (tertiary alicyclic amines) is 1. The van der Waals surface area contributed by atoms with E-state index in [1.54, 1.807) is 13.0 Å². The minimum atomic E-state index is -4.74. The first-order chi connectivity index (χ1) is 12.6. The van der Waals surface area contributed by atoms with Gasteiger partial charge in [0.05, 0.1) is 5.56 Å². The number of aryl methyl sites for hydroxylation is 2. The van der Waals surface area contributed by atoms with Crippen LogP contribution >= 0.6 is 0 Å². The highest BCUT2D eigenvalue weighted by molar-refractivity contribution is 5.96. The van der Waals surface area contributed by atoms with Crippen LogP contribution in [0.15, 0.2) is 21.1 Å². The summed E-state index contributed by atoms with van der Waals surface area (Å²) in [5.74, 6) is -1.77. The lowest BCUT2D eigenvalue weighted by molar-refractivity contribution is -0.153. The number of furan rings is 1. The molecule has 1 aliphatic rings. The molecule has 0 radical (unpaired) electrons. The zero-order chi connectivity index (χ0) is 19.8. The van der Waals surface area contributed by atoms with E-state index in [1.807, 2.05) is 0 Å². The van der Waals surface area contributed by atoms with E-state index in [1.165, 1.54) is 11.8 Å². The monoisotopic (exact) mass is 385 g/mol. The Labute approximate surface area is 152 Å². The molecule has 1 N–H and O–H groups in total. The van der Waals surface area contributed by atoms with Crippen molar-refractivity contribution in [3.8, 4) is 0 Å². The largest absolute Gasteiger partial charge is 0.456 e. The standard InChI is InChI=1S/C17H18F3N3O4/c1-9-7-12(14(26-9)17(18,19)20)16(25)23-5-3-11(4-6-23)15(24)21-13-8-10(2)27-22-13/h7-8,11H,3-6H2,1-2H3,(H,21,22,24). The van der Waals surface area contributed by atoms with Gasteiger partial charge in [0, 0.05) is 25.1 Å². The predicted octanol–water partition coefficient (Wildman–Crippen LogP) is 3.39. The number of piperidine rings is 1. The Morgan fingerprint density at radius 3 is 2.41 bits per heavy atom. The van der Waals surface area contributed by atoms with Gasteiger partial charge in [0.15, 0.2) is 5.82 Å². The summed E-state index contributed by atoms with van der Waals surface area (Å²) in [6.07, 6.45) is -4.06. The zero-order valence-corrected chi connectivity index (χ0v) is 14.7. The zero-order valence-electron chi connectivity index (χ0n) is 14.7. The number of aromatic nitrogens is 1. The Morgan fingerprint density at radius 2 is 1.85 bits per heavy atom. The summed E-state index contributed by atoms with van der Waals surface area (Å²) in [7, 11) is 0. The highest BCUT2D eigenvalue weighted by atomic mass is 19.4. The first-order valence-corrected chi connectivity index (χ1v) is 8.36. The molecule has 2 aromatic heterocycles. The van der Waals surface area contributed by atoms with Crippen LogP contribution in [-0.2, 0) is 11.0 Å². The second kappa shape index (κ2) is 7.09. The third-order valence-electron chi connectivity index (χ3n) is 4.38. The minimum Gasteiger partial charge on any atom is -0.456 e. The van der Waals surface area contributed by atoms with Crippen LogP contribution in [0.4, 0.5) is 19.0 Å². The average Bonchev–Trinajstić information content (AvgIpc) is 3.19. The van der Waals surface area contributed by atoms with E-state index < -0.39 is 23.4 Å². The Balaban J connectivity index is 1.62. The number of halogens is 3. The number of amides is 2. The molecule has 10 heteroatoms. The van der Waals surface area contributed by atoms with Crippen LogP contribution in [0.5, 0.6) is 0 Å². The summed E-state index contributed by atoms with van der Waals surface area (Å²) in [6.45, 7) is 3.40. The van der Waals surface area contributed by atoms with Crippen molar-refractivity contribution in [1.82, 2.24) is 10.1 Å². The molecule has 0 unspecified atom stereocenters. The number of hydrogen-bond donors (Lipinski definition) is 1. The Hall–Kier alpha value is -2.78. The lowest BCUT2D eigenvalue weighted by Crippen LogP contribution is -2.41. The molecule has 1 aliphatic heterocycles. The first-order valence-electron chi connectivity index (χ1n) is 8.36. The van der Waals surface area contributed by atoms with Crippen molar-refractivity contribution in [3.63, 3.8) is 0 Å². The molecule has 1 fully saturated rings. The second-order valence-electron chi connectivity index (χ2n) is 6.48. The number of carbonyl (C=O) groups is 2. The van der Waals surface area contributed by atoms with Crippen LogP contribution in [0.2, 0.25) is 0 Å². The summed E-state index contributed by atoms with van der Waals surface area (Å²) < 4.78 is 48.6. The van der Waals surface area contributed by atoms with E-state index in [9.17, 15) is 22.8 Å². The second-order valence-corrected chi connectivity index (χ2v) is 6.48. The highest BCUT2D eigenvalue weighted by Crippen LogP contribution is 2.35. The summed E-state index contributed by atoms with van der Waals surface area (Å²) >= 11 is 0. The van der Waals surface area contributed by atoms with E-state index in [0.717, 1.165) is 6.07 Å². The molecule has 2 amide bonds. The smallest absolute Gasteiger partial charge is 0.450 e. The predicted molar refractivity (Wildman–Crippen MR) is 86.9 cm³/mol. The summed E-state index contributed by atoms with van der Waals surface area (Å²) in [4.78, 5) is 26.1. The number of rotatable bonds is 3. The van der Waals surface area contributed by atoms with Crippen molar-refractivity contribution < 1.29 is 31.7 Å². The Morgan fingerprint density at radius 1 is 1.19 bits per heavy atom. The van der Waals surface area contributed by atoms with Crippen LogP contribution in [-0.4, -0.2) is 35.0 Å². The molecule has 0 bridgehead atoms. The van der Waals surface area contributed by atoms with Gasteiger partial charge in [-0.1, -0.05) is 5.16 Å². The quantitative estimate of drug-likeness (QED) is 0.875. The van der Waals surface area contributed by atoms with Gasteiger partial charge in [0.1, 0.15) is 11.5 Å². The van der Waals surface area contributed by atoms with Crippen molar-refractivity contribution in [2.45, 2.75) is 32.9 Å². The number of hydrogen-bond acceptors (Lipinski definition) is 5. The van der Waals surface area contributed by atoms with Crippen molar-refractivity contribution in [2.24, 2.45) is 5.92 Å². The highest BCUT2D eigenvalue weighted by Gasteiger charge is 2.41. The number of anilines is 1. The van der Waals surface area contributed by atoms with Gasteiger partial charge in [0.25, 0.3) is 5.91 Å². The molecule has 0 atom stereocenters. The van der Waals surface area contributed by atoms with Crippen molar-refractivity contribution in [2.75, 3.05) is 18.4 Å². The molecule has 0 saturated carbocycles. The Kier molecular flexibility index (Phi) is 4.99. The molecule has 7 nitrogen and oxygen atoms in total. The summed E-state index contributed by atoms with van der Waals surface area (Å²) in [5.41, 5.74) is -0.499. The van der Waals surface area contributed by atoms with Gasteiger partial charge in [-0.05, 0) is 32.8 Å². The molecule has 2 aromatic rings. The molecule has 1 saturated heterocycles. The Bertz CT molecular complexity index is 848. The van der Waals surface area contributed by atoms with E-state index in [4.69, 9.17) is 4.52 Å². The van der Waals surface area contributed by atoms with Crippen molar-refractivity contribution in [3.05, 3.63) is 35.0 Å². The van der Waals surface area contributed by atoms with Crippen molar-refractivity contribution >= 4 is 17.6 Å². The fourth-order valence-corrected chi connectivity index (χ4v) is 3.05. The van der Waals surface area contributed by atoms with Crippen molar-refractivity contribution in [1.29, 1.82) is 0 Å². The summed E-state index contributed by atoms with van der Waals surface area (Å²) in [6, 6.07) is 2.67. The third-order valence-corrected chi connectivity index (χ3v) is 4.38. The fraction of sp³-hybridized carbons (Fsp3) is 0.471. The maximum atomic E-state index is 13.0. The molecule has 0 aromatic carbocycles. The maximum Gasteiger partial charge on any atom is 0.450 e. The van der Waals surface area contributed by atoms with E-state index >= 15 is 0 Å². The SMILES string of the molecule is Cc1cc(NC(=O)C2CCN(C(=O)c3cc(C)oc3C(F)(F)F)CC2)no1. The van der Waals surface area contributed by atoms with Gasteiger partial charge in [-0.15, -0.1) is 0 Å². The van der Waals surface area contributed by atoms with Crippen LogP contribution in [0.3, 0.4) is 0 Å². The normalized spacial score (nSPS) is 15.8. The number of nitrogens with zero attached hydrogens (tertiary/aromatic N) is 2. The topological polar surface area (TPSA) is 88.6 Å². The number of alkyl halides is 3. The van der Waals surface area contributed by atoms with Gasteiger partial charge < -0.3 is 19.2 Å². The first kappa shape index (κ1) is 19.0. The maximum absolute atomic E-state index is 13.0.